The Balaban J connectivity index is 1.52. The fourth-order valence-corrected chi connectivity index (χ4v) is 2.56. The van der Waals surface area contributed by atoms with Crippen LogP contribution in [-0.2, 0) is 4.74 Å². The molecule has 2 heterocycles. The maximum absolute atomic E-state index is 12.1. The molecule has 0 saturated carbocycles. The van der Waals surface area contributed by atoms with Crippen LogP contribution in [0.15, 0.2) is 41.0 Å². The van der Waals surface area contributed by atoms with Gasteiger partial charge < -0.3 is 19.2 Å². The average molecular weight is 315 g/mol. The zero-order valence-electron chi connectivity index (χ0n) is 13.2. The first-order valence-electron chi connectivity index (χ1n) is 7.92. The summed E-state index contributed by atoms with van der Waals surface area (Å²) in [5.74, 6) is 0.850. The predicted octanol–water partition coefficient (Wildman–Crippen LogP) is 3.79. The van der Waals surface area contributed by atoms with E-state index in [1.54, 1.807) is 6.07 Å². The summed E-state index contributed by atoms with van der Waals surface area (Å²) in [7, 11) is 0. The van der Waals surface area contributed by atoms with Gasteiger partial charge in [0.25, 0.3) is 5.91 Å². The lowest BCUT2D eigenvalue weighted by atomic mass is 10.1. The molecule has 0 spiro atoms. The van der Waals surface area contributed by atoms with Gasteiger partial charge in [0.1, 0.15) is 12.4 Å². The summed E-state index contributed by atoms with van der Waals surface area (Å²) in [4.78, 5) is 12.1. The number of ether oxygens (including phenoxy) is 2. The molecule has 122 valence electrons. The molecule has 1 amide bonds. The molecule has 23 heavy (non-hydrogen) atoms. The SMILES string of the molecule is Cc1ccoc1C(=O)Nc1ccc(OCC2CCCCO2)cc1. The van der Waals surface area contributed by atoms with Crippen molar-refractivity contribution in [3.63, 3.8) is 0 Å². The Kier molecular flexibility index (Phi) is 4.98. The Labute approximate surface area is 135 Å². The molecule has 5 heteroatoms. The van der Waals surface area contributed by atoms with Crippen LogP contribution >= 0.6 is 0 Å². The molecular weight excluding hydrogens is 294 g/mol. The summed E-state index contributed by atoms with van der Waals surface area (Å²) in [5.41, 5.74) is 1.52. The van der Waals surface area contributed by atoms with Crippen LogP contribution in [0.5, 0.6) is 5.75 Å². The molecule has 1 aliphatic heterocycles. The largest absolute Gasteiger partial charge is 0.491 e. The highest BCUT2D eigenvalue weighted by Gasteiger charge is 2.15. The summed E-state index contributed by atoms with van der Waals surface area (Å²) in [5, 5.41) is 2.80. The van der Waals surface area contributed by atoms with Crippen LogP contribution in [0, 0.1) is 6.92 Å². The highest BCUT2D eigenvalue weighted by molar-refractivity contribution is 6.03. The molecule has 1 N–H and O–H groups in total. The van der Waals surface area contributed by atoms with Crippen molar-refractivity contribution in [2.75, 3.05) is 18.5 Å². The van der Waals surface area contributed by atoms with E-state index < -0.39 is 0 Å². The number of carbonyl (C=O) groups excluding carboxylic acids is 1. The number of rotatable bonds is 5. The second-order valence-corrected chi connectivity index (χ2v) is 5.71. The predicted molar refractivity (Wildman–Crippen MR) is 86.9 cm³/mol. The van der Waals surface area contributed by atoms with Crippen molar-refractivity contribution < 1.29 is 18.7 Å². The first-order chi connectivity index (χ1) is 11.2. The molecule has 0 aliphatic carbocycles. The highest BCUT2D eigenvalue weighted by Crippen LogP contribution is 2.19. The van der Waals surface area contributed by atoms with Crippen molar-refractivity contribution in [2.24, 2.45) is 0 Å². The normalized spacial score (nSPS) is 17.7. The number of benzene rings is 1. The number of hydrogen-bond acceptors (Lipinski definition) is 4. The lowest BCUT2D eigenvalue weighted by Crippen LogP contribution is -2.25. The van der Waals surface area contributed by atoms with Crippen LogP contribution in [0.2, 0.25) is 0 Å². The molecule has 1 aliphatic rings. The molecule has 2 aromatic rings. The number of anilines is 1. The van der Waals surface area contributed by atoms with E-state index in [1.165, 1.54) is 12.7 Å². The molecule has 1 saturated heterocycles. The lowest BCUT2D eigenvalue weighted by Gasteiger charge is -2.22. The lowest BCUT2D eigenvalue weighted by molar-refractivity contribution is -0.0110. The smallest absolute Gasteiger partial charge is 0.291 e. The Hall–Kier alpha value is -2.27. The van der Waals surface area contributed by atoms with E-state index in [4.69, 9.17) is 13.9 Å². The van der Waals surface area contributed by atoms with Crippen LogP contribution < -0.4 is 10.1 Å². The second kappa shape index (κ2) is 7.33. The van der Waals surface area contributed by atoms with Crippen molar-refractivity contribution in [1.29, 1.82) is 0 Å². The minimum atomic E-state index is -0.253. The average Bonchev–Trinajstić information content (AvgIpc) is 3.01. The fourth-order valence-electron chi connectivity index (χ4n) is 2.56. The van der Waals surface area contributed by atoms with Gasteiger partial charge in [0.2, 0.25) is 0 Å². The quantitative estimate of drug-likeness (QED) is 0.912. The van der Waals surface area contributed by atoms with Gasteiger partial charge in [-0.25, -0.2) is 0 Å². The van der Waals surface area contributed by atoms with Gasteiger partial charge in [-0.05, 0) is 56.5 Å². The molecule has 3 rings (SSSR count). The van der Waals surface area contributed by atoms with Crippen molar-refractivity contribution in [1.82, 2.24) is 0 Å². The zero-order chi connectivity index (χ0) is 16.1. The van der Waals surface area contributed by atoms with Crippen LogP contribution in [0.25, 0.3) is 0 Å². The van der Waals surface area contributed by atoms with E-state index in [2.05, 4.69) is 5.32 Å². The van der Waals surface area contributed by atoms with Crippen LogP contribution in [0.1, 0.15) is 35.4 Å². The van der Waals surface area contributed by atoms with Crippen molar-refractivity contribution in [2.45, 2.75) is 32.3 Å². The Morgan fingerprint density at radius 1 is 1.26 bits per heavy atom. The van der Waals surface area contributed by atoms with E-state index in [0.29, 0.717) is 18.1 Å². The molecule has 1 aromatic heterocycles. The van der Waals surface area contributed by atoms with E-state index in [1.807, 2.05) is 31.2 Å². The van der Waals surface area contributed by atoms with Crippen molar-refractivity contribution in [3.8, 4) is 5.75 Å². The standard InChI is InChI=1S/C18H21NO4/c1-13-9-11-22-17(13)18(20)19-14-5-7-15(8-6-14)23-12-16-4-2-3-10-21-16/h5-9,11,16H,2-4,10,12H2,1H3,(H,19,20). The third-order valence-corrected chi connectivity index (χ3v) is 3.89. The number of amides is 1. The van der Waals surface area contributed by atoms with E-state index in [9.17, 15) is 4.79 Å². The fraction of sp³-hybridized carbons (Fsp3) is 0.389. The molecule has 0 radical (unpaired) electrons. The number of nitrogens with one attached hydrogen (secondary N) is 1. The van der Waals surface area contributed by atoms with Crippen molar-refractivity contribution in [3.05, 3.63) is 47.9 Å². The number of carbonyl (C=O) groups is 1. The third kappa shape index (κ3) is 4.13. The first kappa shape index (κ1) is 15.6. The summed E-state index contributed by atoms with van der Waals surface area (Å²) >= 11 is 0. The number of furan rings is 1. The number of hydrogen-bond donors (Lipinski definition) is 1. The van der Waals surface area contributed by atoms with Gasteiger partial charge in [0.15, 0.2) is 5.76 Å². The molecule has 1 aromatic carbocycles. The maximum atomic E-state index is 12.1. The highest BCUT2D eigenvalue weighted by atomic mass is 16.5. The topological polar surface area (TPSA) is 60.7 Å². The van der Waals surface area contributed by atoms with Gasteiger partial charge in [-0.1, -0.05) is 0 Å². The van der Waals surface area contributed by atoms with E-state index in [0.717, 1.165) is 30.8 Å². The summed E-state index contributed by atoms with van der Waals surface area (Å²) in [6.07, 6.45) is 5.08. The van der Waals surface area contributed by atoms with Crippen LogP contribution in [-0.4, -0.2) is 25.2 Å². The molecule has 1 unspecified atom stereocenters. The monoisotopic (exact) mass is 315 g/mol. The minimum absolute atomic E-state index is 0.185. The molecule has 0 bridgehead atoms. The molecule has 1 fully saturated rings. The Bertz CT molecular complexity index is 641. The second-order valence-electron chi connectivity index (χ2n) is 5.71. The third-order valence-electron chi connectivity index (χ3n) is 3.89. The van der Waals surface area contributed by atoms with Crippen LogP contribution in [0.3, 0.4) is 0 Å². The van der Waals surface area contributed by atoms with Gasteiger partial charge in [0, 0.05) is 17.9 Å². The summed E-state index contributed by atoms with van der Waals surface area (Å²) in [6.45, 7) is 3.23. The van der Waals surface area contributed by atoms with Gasteiger partial charge in [0.05, 0.1) is 12.4 Å². The van der Waals surface area contributed by atoms with Gasteiger partial charge in [-0.15, -0.1) is 0 Å². The van der Waals surface area contributed by atoms with Gasteiger partial charge in [-0.2, -0.15) is 0 Å². The van der Waals surface area contributed by atoms with Gasteiger partial charge >= 0.3 is 0 Å². The Morgan fingerprint density at radius 2 is 2.09 bits per heavy atom. The first-order valence-corrected chi connectivity index (χ1v) is 7.92. The zero-order valence-corrected chi connectivity index (χ0v) is 13.2. The number of aryl methyl sites for hydroxylation is 1. The van der Waals surface area contributed by atoms with Crippen LogP contribution in [0.4, 0.5) is 5.69 Å². The van der Waals surface area contributed by atoms with E-state index in [-0.39, 0.29) is 12.0 Å². The molecule has 1 atom stereocenters. The molecular formula is C18H21NO4. The van der Waals surface area contributed by atoms with E-state index >= 15 is 0 Å². The summed E-state index contributed by atoms with van der Waals surface area (Å²) < 4.78 is 16.6. The summed E-state index contributed by atoms with van der Waals surface area (Å²) in [6, 6.07) is 9.07. The van der Waals surface area contributed by atoms with Crippen molar-refractivity contribution >= 4 is 11.6 Å². The maximum Gasteiger partial charge on any atom is 0.291 e. The van der Waals surface area contributed by atoms with Gasteiger partial charge in [-0.3, -0.25) is 4.79 Å². The minimum Gasteiger partial charge on any atom is -0.491 e. The molecule has 5 nitrogen and oxygen atoms in total. The Morgan fingerprint density at radius 3 is 2.74 bits per heavy atom.